The lowest BCUT2D eigenvalue weighted by atomic mass is 10.2. The van der Waals surface area contributed by atoms with E-state index < -0.39 is 0 Å². The molecule has 0 bridgehead atoms. The number of aryl methyl sites for hydroxylation is 1. The van der Waals surface area contributed by atoms with E-state index >= 15 is 0 Å². The molecule has 80 valence electrons. The van der Waals surface area contributed by atoms with E-state index in [-0.39, 0.29) is 0 Å². The highest BCUT2D eigenvalue weighted by molar-refractivity contribution is 4.95. The summed E-state index contributed by atoms with van der Waals surface area (Å²) >= 11 is 0. The van der Waals surface area contributed by atoms with Crippen LogP contribution in [0.2, 0.25) is 0 Å². The molecule has 0 saturated carbocycles. The van der Waals surface area contributed by atoms with Gasteiger partial charge >= 0.3 is 0 Å². The summed E-state index contributed by atoms with van der Waals surface area (Å²) in [4.78, 5) is 0. The van der Waals surface area contributed by atoms with Crippen molar-refractivity contribution >= 4 is 0 Å². The Morgan fingerprint density at radius 3 is 2.71 bits per heavy atom. The van der Waals surface area contributed by atoms with E-state index in [2.05, 4.69) is 31.2 Å². The van der Waals surface area contributed by atoms with Crippen LogP contribution in [-0.4, -0.2) is 22.4 Å². The summed E-state index contributed by atoms with van der Waals surface area (Å²) in [6.07, 6.45) is 3.21. The van der Waals surface area contributed by atoms with Crippen molar-refractivity contribution in [3.63, 3.8) is 0 Å². The van der Waals surface area contributed by atoms with Gasteiger partial charge in [-0.05, 0) is 33.3 Å². The zero-order valence-corrected chi connectivity index (χ0v) is 9.62. The molecular weight excluding hydrogens is 174 g/mol. The second-order valence-electron chi connectivity index (χ2n) is 4.00. The standard InChI is InChI=1S/C11H21N3/c1-5-9(2)12-8-11(4)14-7-6-10(3)13-14/h6-7,9,11-12H,5,8H2,1-4H3. The zero-order chi connectivity index (χ0) is 10.6. The van der Waals surface area contributed by atoms with Gasteiger partial charge in [-0.3, -0.25) is 4.68 Å². The highest BCUT2D eigenvalue weighted by atomic mass is 15.3. The number of hydrogen-bond donors (Lipinski definition) is 1. The molecule has 14 heavy (non-hydrogen) atoms. The summed E-state index contributed by atoms with van der Waals surface area (Å²) in [5, 5.41) is 7.87. The van der Waals surface area contributed by atoms with Crippen LogP contribution in [0, 0.1) is 6.92 Å². The van der Waals surface area contributed by atoms with Crippen molar-refractivity contribution in [2.75, 3.05) is 6.54 Å². The van der Waals surface area contributed by atoms with Crippen LogP contribution in [0.25, 0.3) is 0 Å². The molecule has 0 aliphatic carbocycles. The quantitative estimate of drug-likeness (QED) is 0.780. The summed E-state index contributed by atoms with van der Waals surface area (Å²) in [7, 11) is 0. The van der Waals surface area contributed by atoms with Crippen LogP contribution >= 0.6 is 0 Å². The molecule has 0 aliphatic heterocycles. The molecular formula is C11H21N3. The van der Waals surface area contributed by atoms with Crippen LogP contribution in [0.1, 0.15) is 38.9 Å². The summed E-state index contributed by atoms with van der Waals surface area (Å²) in [6, 6.07) is 3.06. The SMILES string of the molecule is CCC(C)NCC(C)n1ccc(C)n1. The number of nitrogens with one attached hydrogen (secondary N) is 1. The Balaban J connectivity index is 2.39. The Kier molecular flexibility index (Phi) is 4.14. The van der Waals surface area contributed by atoms with Gasteiger partial charge in [-0.2, -0.15) is 5.10 Å². The predicted octanol–water partition coefficient (Wildman–Crippen LogP) is 2.14. The average molecular weight is 195 g/mol. The molecule has 1 heterocycles. The fourth-order valence-corrected chi connectivity index (χ4v) is 1.29. The van der Waals surface area contributed by atoms with Crippen molar-refractivity contribution in [2.24, 2.45) is 0 Å². The first-order valence-corrected chi connectivity index (χ1v) is 5.38. The van der Waals surface area contributed by atoms with E-state index in [0.29, 0.717) is 12.1 Å². The highest BCUT2D eigenvalue weighted by Gasteiger charge is 2.06. The summed E-state index contributed by atoms with van der Waals surface area (Å²) in [6.45, 7) is 9.59. The van der Waals surface area contributed by atoms with Gasteiger partial charge in [0.1, 0.15) is 0 Å². The maximum absolute atomic E-state index is 4.39. The lowest BCUT2D eigenvalue weighted by Gasteiger charge is -2.16. The Morgan fingerprint density at radius 1 is 1.50 bits per heavy atom. The molecule has 0 saturated heterocycles. The number of rotatable bonds is 5. The average Bonchev–Trinajstić information content (AvgIpc) is 2.60. The van der Waals surface area contributed by atoms with Crippen molar-refractivity contribution in [1.29, 1.82) is 0 Å². The van der Waals surface area contributed by atoms with Gasteiger partial charge < -0.3 is 5.32 Å². The van der Waals surface area contributed by atoms with Gasteiger partial charge in [0.25, 0.3) is 0 Å². The molecule has 0 spiro atoms. The van der Waals surface area contributed by atoms with E-state index in [4.69, 9.17) is 0 Å². The molecule has 0 radical (unpaired) electrons. The van der Waals surface area contributed by atoms with Gasteiger partial charge in [-0.1, -0.05) is 6.92 Å². The minimum Gasteiger partial charge on any atom is -0.312 e. The Labute approximate surface area is 86.5 Å². The smallest absolute Gasteiger partial charge is 0.0615 e. The van der Waals surface area contributed by atoms with Crippen LogP contribution in [0.5, 0.6) is 0 Å². The molecule has 1 aromatic heterocycles. The molecule has 3 heteroatoms. The van der Waals surface area contributed by atoms with Gasteiger partial charge in [0, 0.05) is 18.8 Å². The summed E-state index contributed by atoms with van der Waals surface area (Å²) in [5.41, 5.74) is 1.08. The van der Waals surface area contributed by atoms with E-state index in [9.17, 15) is 0 Å². The second-order valence-corrected chi connectivity index (χ2v) is 4.00. The van der Waals surface area contributed by atoms with Gasteiger partial charge in [-0.15, -0.1) is 0 Å². The molecule has 0 fully saturated rings. The monoisotopic (exact) mass is 195 g/mol. The van der Waals surface area contributed by atoms with Crippen LogP contribution in [0.15, 0.2) is 12.3 Å². The topological polar surface area (TPSA) is 29.9 Å². The minimum absolute atomic E-state index is 0.428. The lowest BCUT2D eigenvalue weighted by molar-refractivity contribution is 0.418. The van der Waals surface area contributed by atoms with Gasteiger partial charge in [0.15, 0.2) is 0 Å². The Hall–Kier alpha value is -0.830. The highest BCUT2D eigenvalue weighted by Crippen LogP contribution is 2.04. The third-order valence-electron chi connectivity index (χ3n) is 2.57. The normalized spacial score (nSPS) is 15.4. The van der Waals surface area contributed by atoms with Gasteiger partial charge in [-0.25, -0.2) is 0 Å². The van der Waals surface area contributed by atoms with Crippen LogP contribution < -0.4 is 5.32 Å². The van der Waals surface area contributed by atoms with Gasteiger partial charge in [0.05, 0.1) is 11.7 Å². The molecule has 2 unspecified atom stereocenters. The van der Waals surface area contributed by atoms with Crippen molar-refractivity contribution < 1.29 is 0 Å². The molecule has 3 nitrogen and oxygen atoms in total. The largest absolute Gasteiger partial charge is 0.312 e. The third-order valence-corrected chi connectivity index (χ3v) is 2.57. The number of nitrogens with zero attached hydrogens (tertiary/aromatic N) is 2. The van der Waals surface area contributed by atoms with E-state index in [1.165, 1.54) is 6.42 Å². The van der Waals surface area contributed by atoms with Gasteiger partial charge in [0.2, 0.25) is 0 Å². The molecule has 0 aromatic carbocycles. The second kappa shape index (κ2) is 5.15. The van der Waals surface area contributed by atoms with E-state index in [1.807, 2.05) is 23.9 Å². The minimum atomic E-state index is 0.428. The van der Waals surface area contributed by atoms with Crippen molar-refractivity contribution in [3.05, 3.63) is 18.0 Å². The predicted molar refractivity (Wildman–Crippen MR) is 59.4 cm³/mol. The third kappa shape index (κ3) is 3.14. The Morgan fingerprint density at radius 2 is 2.21 bits per heavy atom. The fourth-order valence-electron chi connectivity index (χ4n) is 1.29. The molecule has 2 atom stereocenters. The van der Waals surface area contributed by atoms with Crippen molar-refractivity contribution in [3.8, 4) is 0 Å². The molecule has 1 N–H and O–H groups in total. The molecule has 1 aromatic rings. The first-order valence-electron chi connectivity index (χ1n) is 5.38. The summed E-state index contributed by atoms with van der Waals surface area (Å²) in [5.74, 6) is 0. The maximum atomic E-state index is 4.39. The Bertz CT molecular complexity index is 267. The summed E-state index contributed by atoms with van der Waals surface area (Å²) < 4.78 is 2.02. The zero-order valence-electron chi connectivity index (χ0n) is 9.62. The number of hydrogen-bond acceptors (Lipinski definition) is 2. The lowest BCUT2D eigenvalue weighted by Crippen LogP contribution is -2.31. The van der Waals surface area contributed by atoms with E-state index in [1.54, 1.807) is 0 Å². The van der Waals surface area contributed by atoms with E-state index in [0.717, 1.165) is 12.2 Å². The van der Waals surface area contributed by atoms with Crippen molar-refractivity contribution in [1.82, 2.24) is 15.1 Å². The first kappa shape index (κ1) is 11.2. The molecule has 1 rings (SSSR count). The van der Waals surface area contributed by atoms with Crippen LogP contribution in [-0.2, 0) is 0 Å². The molecule has 0 aliphatic rings. The number of aromatic nitrogens is 2. The fraction of sp³-hybridized carbons (Fsp3) is 0.727. The molecule has 0 amide bonds. The van der Waals surface area contributed by atoms with Crippen molar-refractivity contribution in [2.45, 2.75) is 46.2 Å². The van der Waals surface area contributed by atoms with Crippen LogP contribution in [0.3, 0.4) is 0 Å². The van der Waals surface area contributed by atoms with Crippen LogP contribution in [0.4, 0.5) is 0 Å². The first-order chi connectivity index (χ1) is 6.63. The maximum Gasteiger partial charge on any atom is 0.0615 e.